The molecule has 0 aliphatic rings. The zero-order valence-corrected chi connectivity index (χ0v) is 10.5. The molecular formula is C14H17NO2. The maximum atomic E-state index is 5.60. The SMILES string of the molecule is CCc1ccc(OCc2nc(C)c(C)o2)cc1. The van der Waals surface area contributed by atoms with Crippen molar-refractivity contribution in [3.63, 3.8) is 0 Å². The van der Waals surface area contributed by atoms with Crippen LogP contribution in [0.15, 0.2) is 28.7 Å². The molecule has 2 rings (SSSR count). The van der Waals surface area contributed by atoms with E-state index in [1.807, 2.05) is 26.0 Å². The summed E-state index contributed by atoms with van der Waals surface area (Å²) in [6.45, 7) is 6.34. The Balaban J connectivity index is 1.97. The Hall–Kier alpha value is -1.77. The van der Waals surface area contributed by atoms with Gasteiger partial charge in [-0.2, -0.15) is 0 Å². The summed E-state index contributed by atoms with van der Waals surface area (Å²) in [5.41, 5.74) is 2.23. The number of rotatable bonds is 4. The zero-order valence-electron chi connectivity index (χ0n) is 10.5. The molecule has 1 aromatic heterocycles. The Morgan fingerprint density at radius 1 is 1.18 bits per heavy atom. The van der Waals surface area contributed by atoms with E-state index in [2.05, 4.69) is 24.0 Å². The highest BCUT2D eigenvalue weighted by atomic mass is 16.5. The minimum absolute atomic E-state index is 0.375. The van der Waals surface area contributed by atoms with Gasteiger partial charge in [0.1, 0.15) is 11.5 Å². The van der Waals surface area contributed by atoms with E-state index in [1.165, 1.54) is 5.56 Å². The van der Waals surface area contributed by atoms with Gasteiger partial charge in [-0.1, -0.05) is 19.1 Å². The van der Waals surface area contributed by atoms with Crippen molar-refractivity contribution < 1.29 is 9.15 Å². The number of benzene rings is 1. The monoisotopic (exact) mass is 231 g/mol. The molecule has 2 aromatic rings. The average molecular weight is 231 g/mol. The van der Waals surface area contributed by atoms with Gasteiger partial charge in [0.15, 0.2) is 6.61 Å². The highest BCUT2D eigenvalue weighted by Crippen LogP contribution is 2.15. The lowest BCUT2D eigenvalue weighted by Crippen LogP contribution is -1.95. The second-order valence-corrected chi connectivity index (χ2v) is 4.04. The number of ether oxygens (including phenoxy) is 1. The van der Waals surface area contributed by atoms with E-state index in [9.17, 15) is 0 Å². The van der Waals surface area contributed by atoms with Crippen molar-refractivity contribution in [3.8, 4) is 5.75 Å². The average Bonchev–Trinajstić information content (AvgIpc) is 2.67. The van der Waals surface area contributed by atoms with Crippen LogP contribution in [0.1, 0.15) is 29.8 Å². The van der Waals surface area contributed by atoms with Crippen LogP contribution in [0.25, 0.3) is 0 Å². The van der Waals surface area contributed by atoms with Gasteiger partial charge in [-0.05, 0) is 38.0 Å². The van der Waals surface area contributed by atoms with Gasteiger partial charge in [0, 0.05) is 0 Å². The summed E-state index contributed by atoms with van der Waals surface area (Å²) in [5.74, 6) is 2.32. The molecule has 0 N–H and O–H groups in total. The van der Waals surface area contributed by atoms with Crippen LogP contribution >= 0.6 is 0 Å². The molecule has 0 aliphatic heterocycles. The number of hydrogen-bond donors (Lipinski definition) is 0. The highest BCUT2D eigenvalue weighted by Gasteiger charge is 2.05. The summed E-state index contributed by atoms with van der Waals surface area (Å²) in [5, 5.41) is 0. The molecule has 90 valence electrons. The molecule has 3 nitrogen and oxygen atoms in total. The molecule has 0 aliphatic carbocycles. The lowest BCUT2D eigenvalue weighted by Gasteiger charge is -2.04. The molecule has 0 fully saturated rings. The quantitative estimate of drug-likeness (QED) is 0.808. The van der Waals surface area contributed by atoms with Crippen molar-refractivity contribution in [1.82, 2.24) is 4.98 Å². The number of hydrogen-bond acceptors (Lipinski definition) is 3. The van der Waals surface area contributed by atoms with Crippen LogP contribution in [-0.2, 0) is 13.0 Å². The molecule has 1 aromatic carbocycles. The maximum absolute atomic E-state index is 5.60. The lowest BCUT2D eigenvalue weighted by atomic mass is 10.2. The molecule has 0 atom stereocenters. The minimum atomic E-state index is 0.375. The molecule has 17 heavy (non-hydrogen) atoms. The third-order valence-electron chi connectivity index (χ3n) is 2.77. The topological polar surface area (TPSA) is 35.3 Å². The van der Waals surface area contributed by atoms with Gasteiger partial charge in [0.2, 0.25) is 5.89 Å². The molecule has 0 saturated carbocycles. The van der Waals surface area contributed by atoms with E-state index in [-0.39, 0.29) is 0 Å². The largest absolute Gasteiger partial charge is 0.484 e. The Labute approximate surface area is 101 Å². The second-order valence-electron chi connectivity index (χ2n) is 4.04. The first kappa shape index (κ1) is 11.7. The third kappa shape index (κ3) is 2.87. The van der Waals surface area contributed by atoms with Crippen molar-refractivity contribution >= 4 is 0 Å². The van der Waals surface area contributed by atoms with E-state index in [1.54, 1.807) is 0 Å². The summed E-state index contributed by atoms with van der Waals surface area (Å²) in [7, 11) is 0. The first-order valence-corrected chi connectivity index (χ1v) is 5.83. The van der Waals surface area contributed by atoms with Crippen molar-refractivity contribution in [2.75, 3.05) is 0 Å². The smallest absolute Gasteiger partial charge is 0.232 e. The standard InChI is InChI=1S/C14H17NO2/c1-4-12-5-7-13(8-6-12)16-9-14-15-10(2)11(3)17-14/h5-8H,4,9H2,1-3H3. The van der Waals surface area contributed by atoms with E-state index in [0.29, 0.717) is 12.5 Å². The van der Waals surface area contributed by atoms with Gasteiger partial charge >= 0.3 is 0 Å². The molecule has 3 heteroatoms. The van der Waals surface area contributed by atoms with Gasteiger partial charge in [-0.25, -0.2) is 4.98 Å². The van der Waals surface area contributed by atoms with Crippen molar-refractivity contribution in [3.05, 3.63) is 47.2 Å². The van der Waals surface area contributed by atoms with Gasteiger partial charge in [-0.15, -0.1) is 0 Å². The highest BCUT2D eigenvalue weighted by molar-refractivity contribution is 5.27. The van der Waals surface area contributed by atoms with E-state index >= 15 is 0 Å². The molecule has 0 amide bonds. The van der Waals surface area contributed by atoms with Gasteiger partial charge < -0.3 is 9.15 Å². The van der Waals surface area contributed by atoms with Crippen LogP contribution < -0.4 is 4.74 Å². The molecule has 0 saturated heterocycles. The van der Waals surface area contributed by atoms with Crippen molar-refractivity contribution in [1.29, 1.82) is 0 Å². The first-order chi connectivity index (χ1) is 8.19. The fraction of sp³-hybridized carbons (Fsp3) is 0.357. The number of aryl methyl sites for hydroxylation is 3. The van der Waals surface area contributed by atoms with E-state index in [0.717, 1.165) is 23.6 Å². The van der Waals surface area contributed by atoms with Crippen molar-refractivity contribution in [2.24, 2.45) is 0 Å². The predicted octanol–water partition coefficient (Wildman–Crippen LogP) is 3.43. The Kier molecular flexibility index (Phi) is 3.47. The zero-order chi connectivity index (χ0) is 12.3. The van der Waals surface area contributed by atoms with Gasteiger partial charge in [-0.3, -0.25) is 0 Å². The molecule has 0 unspecified atom stereocenters. The Morgan fingerprint density at radius 2 is 1.88 bits per heavy atom. The fourth-order valence-corrected chi connectivity index (χ4v) is 1.57. The van der Waals surface area contributed by atoms with Crippen LogP contribution in [0.5, 0.6) is 5.75 Å². The third-order valence-corrected chi connectivity index (χ3v) is 2.77. The van der Waals surface area contributed by atoms with Gasteiger partial charge in [0.05, 0.1) is 5.69 Å². The normalized spacial score (nSPS) is 10.5. The van der Waals surface area contributed by atoms with E-state index in [4.69, 9.17) is 9.15 Å². The second kappa shape index (κ2) is 5.04. The summed E-state index contributed by atoms with van der Waals surface area (Å²) in [6.07, 6.45) is 1.04. The molecule has 0 radical (unpaired) electrons. The molecule has 1 heterocycles. The van der Waals surface area contributed by atoms with Crippen LogP contribution in [0.3, 0.4) is 0 Å². The molecular weight excluding hydrogens is 214 g/mol. The van der Waals surface area contributed by atoms with Crippen LogP contribution in [-0.4, -0.2) is 4.98 Å². The maximum Gasteiger partial charge on any atom is 0.232 e. The van der Waals surface area contributed by atoms with E-state index < -0.39 is 0 Å². The van der Waals surface area contributed by atoms with Crippen LogP contribution in [0.2, 0.25) is 0 Å². The van der Waals surface area contributed by atoms with Crippen LogP contribution in [0, 0.1) is 13.8 Å². The van der Waals surface area contributed by atoms with Gasteiger partial charge in [0.25, 0.3) is 0 Å². The predicted molar refractivity (Wildman–Crippen MR) is 66.1 cm³/mol. The number of oxazole rings is 1. The first-order valence-electron chi connectivity index (χ1n) is 5.83. The summed E-state index contributed by atoms with van der Waals surface area (Å²) in [6, 6.07) is 8.09. The van der Waals surface area contributed by atoms with Crippen LogP contribution in [0.4, 0.5) is 0 Å². The minimum Gasteiger partial charge on any atom is -0.484 e. The summed E-state index contributed by atoms with van der Waals surface area (Å²) in [4.78, 5) is 4.27. The number of aromatic nitrogens is 1. The summed E-state index contributed by atoms with van der Waals surface area (Å²) >= 11 is 0. The lowest BCUT2D eigenvalue weighted by molar-refractivity contribution is 0.260. The molecule has 0 bridgehead atoms. The number of nitrogens with zero attached hydrogens (tertiary/aromatic N) is 1. The molecule has 0 spiro atoms. The fourth-order valence-electron chi connectivity index (χ4n) is 1.57. The van der Waals surface area contributed by atoms with Crippen molar-refractivity contribution in [2.45, 2.75) is 33.8 Å². The Bertz CT molecular complexity index is 466. The summed E-state index contributed by atoms with van der Waals surface area (Å²) < 4.78 is 11.0. The Morgan fingerprint density at radius 3 is 2.41 bits per heavy atom.